The van der Waals surface area contributed by atoms with Crippen LogP contribution in [0.25, 0.3) is 18.0 Å². The highest BCUT2D eigenvalue weighted by molar-refractivity contribution is 7.07. The number of carbonyl (C=O) groups excluding carboxylic acids is 1. The lowest BCUT2D eigenvalue weighted by Crippen LogP contribution is -2.22. The number of hydrogen-bond donors (Lipinski definition) is 1. The number of aryl methyl sites for hydroxylation is 2. The highest BCUT2D eigenvalue weighted by atomic mass is 32.1. The van der Waals surface area contributed by atoms with Gasteiger partial charge in [0.2, 0.25) is 0 Å². The second kappa shape index (κ2) is 6.81. The minimum atomic E-state index is -0.481. The van der Waals surface area contributed by atoms with Crippen molar-refractivity contribution in [3.8, 4) is 5.82 Å². The maximum atomic E-state index is 12.3. The molecule has 0 spiro atoms. The largest absolute Gasteiger partial charge is 0.360 e. The molecular formula is C20H23N3O3S. The third-order valence-electron chi connectivity index (χ3n) is 4.28. The van der Waals surface area contributed by atoms with Gasteiger partial charge >= 0.3 is 0 Å². The van der Waals surface area contributed by atoms with E-state index >= 15 is 0 Å². The number of carbonyl (C=O) groups is 1. The number of ketones is 1. The highest BCUT2D eigenvalue weighted by Crippen LogP contribution is 2.21. The van der Waals surface area contributed by atoms with Gasteiger partial charge in [-0.2, -0.15) is 0 Å². The summed E-state index contributed by atoms with van der Waals surface area (Å²) >= 11 is 1.28. The van der Waals surface area contributed by atoms with Crippen LogP contribution in [0.4, 0.5) is 0 Å². The predicted octanol–water partition coefficient (Wildman–Crippen LogP) is 2.36. The van der Waals surface area contributed by atoms with Crippen molar-refractivity contribution in [3.63, 3.8) is 0 Å². The number of thiazole rings is 1. The Morgan fingerprint density at radius 3 is 2.56 bits per heavy atom. The number of aromatic amines is 1. The standard InChI is InChI=1S/C20H23N3O3S/c1-11-7-14(13(3)23(11)17-8-12(2)26-22-17)9-15-19(25)21-18(27-15)10-16(24)20(4,5)6/h7-10H,1-6H3,(H,21,25)/b15-9-,18-10-. The zero-order valence-corrected chi connectivity index (χ0v) is 17.2. The molecule has 6 nitrogen and oxygen atoms in total. The number of H-pyrrole nitrogens is 1. The number of nitrogens with one attached hydrogen (secondary N) is 1. The van der Waals surface area contributed by atoms with Gasteiger partial charge in [-0.1, -0.05) is 25.9 Å². The third-order valence-corrected chi connectivity index (χ3v) is 5.25. The Balaban J connectivity index is 2.08. The first kappa shape index (κ1) is 19.1. The van der Waals surface area contributed by atoms with Gasteiger partial charge in [0.1, 0.15) is 5.76 Å². The first-order valence-electron chi connectivity index (χ1n) is 8.66. The molecule has 0 aliphatic carbocycles. The summed E-state index contributed by atoms with van der Waals surface area (Å²) in [7, 11) is 0. The van der Waals surface area contributed by atoms with Crippen molar-refractivity contribution >= 4 is 29.3 Å². The molecule has 3 heterocycles. The summed E-state index contributed by atoms with van der Waals surface area (Å²) < 4.78 is 8.28. The molecule has 0 saturated heterocycles. The van der Waals surface area contributed by atoms with Gasteiger partial charge in [-0.05, 0) is 38.5 Å². The third kappa shape index (κ3) is 3.88. The van der Waals surface area contributed by atoms with E-state index in [-0.39, 0.29) is 11.3 Å². The Kier molecular flexibility index (Phi) is 4.82. The lowest BCUT2D eigenvalue weighted by Gasteiger charge is -2.12. The van der Waals surface area contributed by atoms with Gasteiger partial charge in [0.15, 0.2) is 11.6 Å². The fraction of sp³-hybridized carbons (Fsp3) is 0.350. The lowest BCUT2D eigenvalue weighted by atomic mass is 9.91. The average molecular weight is 385 g/mol. The van der Waals surface area contributed by atoms with Crippen molar-refractivity contribution in [2.75, 3.05) is 0 Å². The van der Waals surface area contributed by atoms with E-state index < -0.39 is 5.41 Å². The molecule has 3 rings (SSSR count). The Bertz CT molecular complexity index is 1180. The zero-order valence-electron chi connectivity index (χ0n) is 16.3. The second-order valence-corrected chi connectivity index (χ2v) is 8.73. The number of Topliss-reactive ketones (excluding diaryl/α,β-unsaturated/α-hetero) is 1. The Hall–Kier alpha value is -2.67. The fourth-order valence-electron chi connectivity index (χ4n) is 2.75. The number of hydrogen-bond acceptors (Lipinski definition) is 5. The van der Waals surface area contributed by atoms with Crippen LogP contribution in [0.15, 0.2) is 21.5 Å². The van der Waals surface area contributed by atoms with Crippen molar-refractivity contribution in [1.29, 1.82) is 0 Å². The summed E-state index contributed by atoms with van der Waals surface area (Å²) in [6, 6.07) is 3.87. The van der Waals surface area contributed by atoms with Gasteiger partial charge in [0, 0.05) is 28.9 Å². The molecule has 3 aromatic rings. The van der Waals surface area contributed by atoms with Gasteiger partial charge in [-0.25, -0.2) is 0 Å². The Labute approximate surface area is 160 Å². The van der Waals surface area contributed by atoms with E-state index in [9.17, 15) is 9.59 Å². The summed E-state index contributed by atoms with van der Waals surface area (Å²) in [6.45, 7) is 11.4. The van der Waals surface area contributed by atoms with E-state index in [1.165, 1.54) is 17.4 Å². The number of aromatic nitrogens is 3. The summed E-state index contributed by atoms with van der Waals surface area (Å²) in [4.78, 5) is 27.2. The minimum Gasteiger partial charge on any atom is -0.360 e. The van der Waals surface area contributed by atoms with E-state index in [1.807, 2.05) is 64.3 Å². The van der Waals surface area contributed by atoms with Crippen LogP contribution in [-0.4, -0.2) is 20.5 Å². The molecule has 3 aromatic heterocycles. The van der Waals surface area contributed by atoms with Gasteiger partial charge in [-0.15, -0.1) is 11.3 Å². The van der Waals surface area contributed by atoms with E-state index in [2.05, 4.69) is 10.1 Å². The topological polar surface area (TPSA) is 80.9 Å². The predicted molar refractivity (Wildman–Crippen MR) is 107 cm³/mol. The van der Waals surface area contributed by atoms with Crippen molar-refractivity contribution in [3.05, 3.63) is 54.4 Å². The average Bonchev–Trinajstić information content (AvgIpc) is 3.19. The van der Waals surface area contributed by atoms with Crippen LogP contribution in [0.2, 0.25) is 0 Å². The van der Waals surface area contributed by atoms with Crippen LogP contribution in [-0.2, 0) is 4.79 Å². The van der Waals surface area contributed by atoms with Crippen LogP contribution < -0.4 is 14.8 Å². The first-order chi connectivity index (χ1) is 12.6. The molecule has 27 heavy (non-hydrogen) atoms. The van der Waals surface area contributed by atoms with E-state index in [0.29, 0.717) is 15.0 Å². The molecule has 0 aliphatic heterocycles. The van der Waals surface area contributed by atoms with Crippen LogP contribution in [0.1, 0.15) is 43.5 Å². The van der Waals surface area contributed by atoms with Crippen molar-refractivity contribution in [2.45, 2.75) is 41.5 Å². The molecule has 0 amide bonds. The van der Waals surface area contributed by atoms with E-state index in [4.69, 9.17) is 4.52 Å². The molecule has 0 bridgehead atoms. The van der Waals surface area contributed by atoms with Crippen LogP contribution >= 0.6 is 11.3 Å². The monoisotopic (exact) mass is 385 g/mol. The molecule has 0 fully saturated rings. The molecule has 7 heteroatoms. The molecule has 0 aromatic carbocycles. The van der Waals surface area contributed by atoms with Crippen molar-refractivity contribution in [1.82, 2.24) is 14.7 Å². The zero-order chi connectivity index (χ0) is 19.9. The number of rotatable bonds is 3. The Morgan fingerprint density at radius 1 is 1.26 bits per heavy atom. The maximum Gasteiger partial charge on any atom is 0.266 e. The smallest absolute Gasteiger partial charge is 0.266 e. The fourth-order valence-corrected chi connectivity index (χ4v) is 3.62. The quantitative estimate of drug-likeness (QED) is 0.750. The molecule has 0 unspecified atom stereocenters. The highest BCUT2D eigenvalue weighted by Gasteiger charge is 2.18. The normalized spacial score (nSPS) is 13.6. The molecule has 0 saturated carbocycles. The molecule has 142 valence electrons. The molecule has 0 atom stereocenters. The van der Waals surface area contributed by atoms with Crippen molar-refractivity contribution < 1.29 is 9.32 Å². The van der Waals surface area contributed by atoms with E-state index in [1.54, 1.807) is 0 Å². The molecular weight excluding hydrogens is 362 g/mol. The van der Waals surface area contributed by atoms with Gasteiger partial charge in [0.25, 0.3) is 5.56 Å². The summed E-state index contributed by atoms with van der Waals surface area (Å²) in [5.41, 5.74) is 2.20. The summed E-state index contributed by atoms with van der Waals surface area (Å²) in [5, 5.41) is 4.07. The van der Waals surface area contributed by atoms with Gasteiger partial charge in [-0.3, -0.25) is 14.2 Å². The van der Waals surface area contributed by atoms with Gasteiger partial charge < -0.3 is 9.51 Å². The second-order valence-electron chi connectivity index (χ2n) is 7.65. The van der Waals surface area contributed by atoms with E-state index in [0.717, 1.165) is 22.7 Å². The van der Waals surface area contributed by atoms with Crippen LogP contribution in [0, 0.1) is 26.2 Å². The van der Waals surface area contributed by atoms with Crippen LogP contribution in [0.5, 0.6) is 0 Å². The molecule has 0 aliphatic rings. The molecule has 1 N–H and O–H groups in total. The van der Waals surface area contributed by atoms with Crippen molar-refractivity contribution in [2.24, 2.45) is 5.41 Å². The lowest BCUT2D eigenvalue weighted by molar-refractivity contribution is -0.119. The SMILES string of the molecule is Cc1cc(-n2c(C)cc(/C=c3\s/c(=C\C(=O)C(C)(C)C)[nH]c3=O)c2C)no1. The first-order valence-corrected chi connectivity index (χ1v) is 9.47. The minimum absolute atomic E-state index is 0.0221. The summed E-state index contributed by atoms with van der Waals surface area (Å²) in [5.74, 6) is 1.43. The molecule has 0 radical (unpaired) electrons. The number of nitrogens with zero attached hydrogens (tertiary/aromatic N) is 2. The maximum absolute atomic E-state index is 12.3. The Morgan fingerprint density at radius 2 is 1.96 bits per heavy atom. The summed E-state index contributed by atoms with van der Waals surface area (Å²) in [6.07, 6.45) is 3.35. The van der Waals surface area contributed by atoms with Crippen LogP contribution in [0.3, 0.4) is 0 Å². The van der Waals surface area contributed by atoms with Gasteiger partial charge in [0.05, 0.1) is 9.20 Å².